The van der Waals surface area contributed by atoms with Gasteiger partial charge in [-0.05, 0) is 6.07 Å². The third-order valence-electron chi connectivity index (χ3n) is 1.54. The van der Waals surface area contributed by atoms with E-state index in [1.165, 1.54) is 7.11 Å². The summed E-state index contributed by atoms with van der Waals surface area (Å²) in [4.78, 5) is 14.7. The summed E-state index contributed by atoms with van der Waals surface area (Å²) >= 11 is 5.58. The topological polar surface area (TPSA) is 65.2 Å². The lowest BCUT2D eigenvalue weighted by Gasteiger charge is -2.02. The molecule has 0 spiro atoms. The molecule has 0 fully saturated rings. The van der Waals surface area contributed by atoms with Gasteiger partial charge in [0.15, 0.2) is 0 Å². The van der Waals surface area contributed by atoms with E-state index in [2.05, 4.69) is 9.72 Å². The number of nitrogen functional groups attached to an aromatic ring is 1. The number of carbonyl (C=O) groups excluding carboxylic acids is 1. The third kappa shape index (κ3) is 2.59. The van der Waals surface area contributed by atoms with E-state index in [0.29, 0.717) is 10.7 Å². The Kier molecular flexibility index (Phi) is 3.08. The van der Waals surface area contributed by atoms with Gasteiger partial charge in [0, 0.05) is 5.56 Å². The van der Waals surface area contributed by atoms with E-state index >= 15 is 0 Å². The number of rotatable bonds is 2. The first-order chi connectivity index (χ1) is 6.13. The standard InChI is InChI=1S/C8H9ClN2O2/c1-13-7(12)4-5-2-3-6(9)11-8(5)10/h2-3H,4H2,1H3,(H2,10,11). The zero-order valence-electron chi connectivity index (χ0n) is 7.08. The Labute approximate surface area is 80.7 Å². The fourth-order valence-corrected chi connectivity index (χ4v) is 1.01. The SMILES string of the molecule is COC(=O)Cc1ccc(Cl)nc1N. The van der Waals surface area contributed by atoms with Gasteiger partial charge in [-0.1, -0.05) is 17.7 Å². The minimum Gasteiger partial charge on any atom is -0.469 e. The summed E-state index contributed by atoms with van der Waals surface area (Å²) in [6.45, 7) is 0. The molecule has 4 nitrogen and oxygen atoms in total. The Bertz CT molecular complexity index is 328. The van der Waals surface area contributed by atoms with E-state index in [1.807, 2.05) is 0 Å². The Morgan fingerprint density at radius 3 is 2.92 bits per heavy atom. The number of esters is 1. The van der Waals surface area contributed by atoms with Crippen molar-refractivity contribution in [3.8, 4) is 0 Å². The van der Waals surface area contributed by atoms with Gasteiger partial charge >= 0.3 is 5.97 Å². The molecule has 0 bridgehead atoms. The number of carbonyl (C=O) groups is 1. The molecule has 0 saturated carbocycles. The van der Waals surface area contributed by atoms with Gasteiger partial charge in [-0.15, -0.1) is 0 Å². The molecule has 0 aliphatic carbocycles. The van der Waals surface area contributed by atoms with Gasteiger partial charge < -0.3 is 10.5 Å². The van der Waals surface area contributed by atoms with Gasteiger partial charge in [0.25, 0.3) is 0 Å². The predicted molar refractivity (Wildman–Crippen MR) is 49.4 cm³/mol. The molecular formula is C8H9ClN2O2. The van der Waals surface area contributed by atoms with Crippen LogP contribution in [-0.2, 0) is 16.0 Å². The van der Waals surface area contributed by atoms with Crippen molar-refractivity contribution in [3.63, 3.8) is 0 Å². The smallest absolute Gasteiger partial charge is 0.310 e. The number of pyridine rings is 1. The number of nitrogens with zero attached hydrogens (tertiary/aromatic N) is 1. The molecule has 0 saturated heterocycles. The van der Waals surface area contributed by atoms with Crippen molar-refractivity contribution >= 4 is 23.4 Å². The van der Waals surface area contributed by atoms with E-state index in [9.17, 15) is 4.79 Å². The number of anilines is 1. The first-order valence-electron chi connectivity index (χ1n) is 3.61. The molecule has 1 rings (SSSR count). The Morgan fingerprint density at radius 1 is 1.69 bits per heavy atom. The van der Waals surface area contributed by atoms with E-state index in [4.69, 9.17) is 17.3 Å². The third-order valence-corrected chi connectivity index (χ3v) is 1.75. The Balaban J connectivity index is 2.83. The Morgan fingerprint density at radius 2 is 2.38 bits per heavy atom. The maximum absolute atomic E-state index is 10.9. The van der Waals surface area contributed by atoms with Crippen LogP contribution in [0.15, 0.2) is 12.1 Å². The quantitative estimate of drug-likeness (QED) is 0.572. The molecule has 0 radical (unpaired) electrons. The molecule has 0 amide bonds. The van der Waals surface area contributed by atoms with Crippen LogP contribution in [0, 0.1) is 0 Å². The molecule has 13 heavy (non-hydrogen) atoms. The maximum Gasteiger partial charge on any atom is 0.310 e. The molecule has 0 unspecified atom stereocenters. The number of hydrogen-bond donors (Lipinski definition) is 1. The zero-order chi connectivity index (χ0) is 9.84. The number of ether oxygens (including phenoxy) is 1. The largest absolute Gasteiger partial charge is 0.469 e. The summed E-state index contributed by atoms with van der Waals surface area (Å²) in [5, 5.41) is 0.311. The van der Waals surface area contributed by atoms with Crippen LogP contribution in [0.3, 0.4) is 0 Å². The molecule has 2 N–H and O–H groups in total. The molecule has 1 aromatic rings. The number of nitrogens with two attached hydrogens (primary N) is 1. The average Bonchev–Trinajstić information content (AvgIpc) is 2.09. The van der Waals surface area contributed by atoms with Crippen molar-refractivity contribution in [1.82, 2.24) is 4.98 Å². The molecule has 5 heteroatoms. The fraction of sp³-hybridized carbons (Fsp3) is 0.250. The molecule has 70 valence electrons. The maximum atomic E-state index is 10.9. The summed E-state index contributed by atoms with van der Waals surface area (Å²) in [5.74, 6) is -0.0891. The fourth-order valence-electron chi connectivity index (χ4n) is 0.856. The monoisotopic (exact) mass is 200 g/mol. The van der Waals surface area contributed by atoms with Crippen LogP contribution in [0.1, 0.15) is 5.56 Å². The minimum atomic E-state index is -0.351. The molecule has 0 atom stereocenters. The van der Waals surface area contributed by atoms with Crippen molar-refractivity contribution < 1.29 is 9.53 Å². The number of methoxy groups -OCH3 is 1. The first-order valence-corrected chi connectivity index (χ1v) is 3.99. The minimum absolute atomic E-state index is 0.118. The summed E-state index contributed by atoms with van der Waals surface area (Å²) in [7, 11) is 1.32. The molecule has 1 aromatic heterocycles. The molecular weight excluding hydrogens is 192 g/mol. The van der Waals surface area contributed by atoms with E-state index in [1.54, 1.807) is 12.1 Å². The predicted octanol–water partition coefficient (Wildman–Crippen LogP) is 1.03. The Hall–Kier alpha value is -1.29. The lowest BCUT2D eigenvalue weighted by Crippen LogP contribution is -2.07. The van der Waals surface area contributed by atoms with Crippen LogP contribution in [-0.4, -0.2) is 18.1 Å². The highest BCUT2D eigenvalue weighted by molar-refractivity contribution is 6.29. The molecule has 0 aliphatic heterocycles. The second-order valence-electron chi connectivity index (χ2n) is 2.43. The van der Waals surface area contributed by atoms with Gasteiger partial charge in [-0.25, -0.2) is 4.98 Å². The molecule has 0 aliphatic rings. The van der Waals surface area contributed by atoms with Crippen LogP contribution in [0.4, 0.5) is 5.82 Å². The van der Waals surface area contributed by atoms with Crippen LogP contribution in [0.25, 0.3) is 0 Å². The second-order valence-corrected chi connectivity index (χ2v) is 2.82. The highest BCUT2D eigenvalue weighted by Gasteiger charge is 2.07. The van der Waals surface area contributed by atoms with Crippen LogP contribution in [0.2, 0.25) is 5.15 Å². The number of halogens is 1. The summed E-state index contributed by atoms with van der Waals surface area (Å²) in [6.07, 6.45) is 0.118. The lowest BCUT2D eigenvalue weighted by molar-refractivity contribution is -0.139. The van der Waals surface area contributed by atoms with E-state index < -0.39 is 0 Å². The normalized spacial score (nSPS) is 9.69. The van der Waals surface area contributed by atoms with Crippen molar-refractivity contribution in [2.75, 3.05) is 12.8 Å². The second kappa shape index (κ2) is 4.09. The summed E-state index contributed by atoms with van der Waals surface area (Å²) < 4.78 is 4.48. The summed E-state index contributed by atoms with van der Waals surface area (Å²) in [5.41, 5.74) is 6.14. The van der Waals surface area contributed by atoms with Gasteiger partial charge in [0.2, 0.25) is 0 Å². The van der Waals surface area contributed by atoms with Crippen LogP contribution < -0.4 is 5.73 Å². The highest BCUT2D eigenvalue weighted by Crippen LogP contribution is 2.13. The lowest BCUT2D eigenvalue weighted by atomic mass is 10.2. The molecule has 0 aromatic carbocycles. The molecule has 1 heterocycles. The van der Waals surface area contributed by atoms with Gasteiger partial charge in [0.1, 0.15) is 11.0 Å². The average molecular weight is 201 g/mol. The van der Waals surface area contributed by atoms with Crippen molar-refractivity contribution in [3.05, 3.63) is 22.8 Å². The zero-order valence-corrected chi connectivity index (χ0v) is 7.84. The van der Waals surface area contributed by atoms with Crippen LogP contribution >= 0.6 is 11.6 Å². The van der Waals surface area contributed by atoms with Gasteiger partial charge in [0.05, 0.1) is 13.5 Å². The van der Waals surface area contributed by atoms with Crippen molar-refractivity contribution in [2.45, 2.75) is 6.42 Å². The van der Waals surface area contributed by atoms with E-state index in [0.717, 1.165) is 0 Å². The first kappa shape index (κ1) is 9.80. The number of hydrogen-bond acceptors (Lipinski definition) is 4. The van der Waals surface area contributed by atoms with Gasteiger partial charge in [-0.2, -0.15) is 0 Å². The summed E-state index contributed by atoms with van der Waals surface area (Å²) in [6, 6.07) is 3.23. The van der Waals surface area contributed by atoms with E-state index in [-0.39, 0.29) is 18.2 Å². The van der Waals surface area contributed by atoms with Gasteiger partial charge in [-0.3, -0.25) is 4.79 Å². The van der Waals surface area contributed by atoms with Crippen molar-refractivity contribution in [2.24, 2.45) is 0 Å². The number of aromatic nitrogens is 1. The van der Waals surface area contributed by atoms with Crippen LogP contribution in [0.5, 0.6) is 0 Å². The highest BCUT2D eigenvalue weighted by atomic mass is 35.5. The van der Waals surface area contributed by atoms with Crippen molar-refractivity contribution in [1.29, 1.82) is 0 Å².